The second kappa shape index (κ2) is 3.88. The minimum absolute atomic E-state index is 0.751. The van der Waals surface area contributed by atoms with Gasteiger partial charge in [0.15, 0.2) is 0 Å². The Hall–Kier alpha value is -1.23. The zero-order chi connectivity index (χ0) is 9.97. The first kappa shape index (κ1) is 9.33. The lowest BCUT2D eigenvalue weighted by atomic mass is 10.4. The van der Waals surface area contributed by atoms with E-state index in [1.165, 1.54) is 0 Å². The van der Waals surface area contributed by atoms with Crippen molar-refractivity contribution in [3.63, 3.8) is 0 Å². The highest BCUT2D eigenvalue weighted by Gasteiger charge is 2.16. The average molecular weight is 195 g/mol. The molecule has 14 heavy (non-hydrogen) atoms. The first-order chi connectivity index (χ1) is 6.83. The molecule has 5 heteroatoms. The van der Waals surface area contributed by atoms with E-state index in [0.717, 1.165) is 44.5 Å². The van der Waals surface area contributed by atoms with Gasteiger partial charge in [-0.05, 0) is 6.92 Å². The maximum atomic E-state index is 5.82. The molecule has 0 aliphatic carbocycles. The Balaban J connectivity index is 2.21. The summed E-state index contributed by atoms with van der Waals surface area (Å²) in [5.41, 5.74) is 5.82. The monoisotopic (exact) mass is 195 g/mol. The fourth-order valence-electron chi connectivity index (χ4n) is 1.82. The number of nitrogens with one attached hydrogen (secondary N) is 1. The van der Waals surface area contributed by atoms with E-state index in [-0.39, 0.29) is 0 Å². The lowest BCUT2D eigenvalue weighted by molar-refractivity contribution is 0.569. The molecule has 0 bridgehead atoms. The first-order valence-corrected chi connectivity index (χ1v) is 5.09. The lowest BCUT2D eigenvalue weighted by Crippen LogP contribution is -2.44. The van der Waals surface area contributed by atoms with Crippen LogP contribution in [-0.4, -0.2) is 35.7 Å². The Kier molecular flexibility index (Phi) is 2.58. The molecule has 0 radical (unpaired) electrons. The highest BCUT2D eigenvalue weighted by atomic mass is 15.3. The van der Waals surface area contributed by atoms with E-state index < -0.39 is 0 Å². The third kappa shape index (κ3) is 1.55. The number of nitrogen functional groups attached to an aromatic ring is 1. The molecular weight excluding hydrogens is 178 g/mol. The molecule has 78 valence electrons. The summed E-state index contributed by atoms with van der Waals surface area (Å²) in [6.07, 6.45) is 1.74. The molecule has 3 N–H and O–H groups in total. The van der Waals surface area contributed by atoms with Crippen LogP contribution in [0.2, 0.25) is 0 Å². The molecule has 1 aliphatic rings. The summed E-state index contributed by atoms with van der Waals surface area (Å²) in [6.45, 7) is 7.04. The summed E-state index contributed by atoms with van der Waals surface area (Å²) in [5, 5.41) is 3.32. The Bertz CT molecular complexity index is 300. The van der Waals surface area contributed by atoms with Crippen molar-refractivity contribution in [1.29, 1.82) is 0 Å². The van der Waals surface area contributed by atoms with Crippen molar-refractivity contribution in [1.82, 2.24) is 14.9 Å². The maximum absolute atomic E-state index is 5.82. The number of hydrogen-bond acceptors (Lipinski definition) is 4. The summed E-state index contributed by atoms with van der Waals surface area (Å²) in [7, 11) is 0. The lowest BCUT2D eigenvalue weighted by Gasteiger charge is -2.28. The smallest absolute Gasteiger partial charge is 0.207 e. The van der Waals surface area contributed by atoms with Gasteiger partial charge in [0.2, 0.25) is 5.95 Å². The number of nitrogens with zero attached hydrogens (tertiary/aromatic N) is 3. The second-order valence-corrected chi connectivity index (χ2v) is 3.46. The molecule has 0 spiro atoms. The van der Waals surface area contributed by atoms with Gasteiger partial charge in [-0.15, -0.1) is 0 Å². The average Bonchev–Trinajstić information content (AvgIpc) is 2.61. The minimum atomic E-state index is 0.751. The van der Waals surface area contributed by atoms with E-state index in [1.807, 2.05) is 4.57 Å². The van der Waals surface area contributed by atoms with E-state index in [4.69, 9.17) is 5.73 Å². The van der Waals surface area contributed by atoms with Gasteiger partial charge in [0.25, 0.3) is 0 Å². The van der Waals surface area contributed by atoms with Crippen LogP contribution in [0.4, 0.5) is 11.8 Å². The Morgan fingerprint density at radius 1 is 1.50 bits per heavy atom. The third-order valence-corrected chi connectivity index (χ3v) is 2.58. The van der Waals surface area contributed by atoms with Crippen LogP contribution in [0, 0.1) is 0 Å². The molecule has 1 aromatic heterocycles. The van der Waals surface area contributed by atoms with Gasteiger partial charge in [0.1, 0.15) is 5.82 Å². The molecule has 5 nitrogen and oxygen atoms in total. The van der Waals surface area contributed by atoms with Crippen LogP contribution in [0.5, 0.6) is 0 Å². The van der Waals surface area contributed by atoms with Gasteiger partial charge in [0.05, 0.1) is 6.20 Å². The molecule has 1 aromatic rings. The van der Waals surface area contributed by atoms with Crippen molar-refractivity contribution in [2.45, 2.75) is 13.5 Å². The van der Waals surface area contributed by atoms with E-state index >= 15 is 0 Å². The van der Waals surface area contributed by atoms with Crippen molar-refractivity contribution in [2.24, 2.45) is 0 Å². The van der Waals surface area contributed by atoms with Crippen molar-refractivity contribution in [2.75, 3.05) is 36.8 Å². The number of anilines is 2. The van der Waals surface area contributed by atoms with Crippen LogP contribution >= 0.6 is 0 Å². The zero-order valence-corrected chi connectivity index (χ0v) is 8.53. The van der Waals surface area contributed by atoms with E-state index in [1.54, 1.807) is 6.20 Å². The van der Waals surface area contributed by atoms with Crippen molar-refractivity contribution < 1.29 is 0 Å². The normalized spacial score (nSPS) is 17.4. The highest BCUT2D eigenvalue weighted by molar-refractivity contribution is 5.42. The number of hydrogen-bond donors (Lipinski definition) is 2. The topological polar surface area (TPSA) is 59.1 Å². The molecule has 0 unspecified atom stereocenters. The van der Waals surface area contributed by atoms with Crippen molar-refractivity contribution in [3.05, 3.63) is 6.20 Å². The minimum Gasteiger partial charge on any atom is -0.384 e. The Labute approximate surface area is 83.9 Å². The molecule has 0 saturated carbocycles. The largest absolute Gasteiger partial charge is 0.384 e. The quantitative estimate of drug-likeness (QED) is 0.691. The summed E-state index contributed by atoms with van der Waals surface area (Å²) >= 11 is 0. The maximum Gasteiger partial charge on any atom is 0.207 e. The molecule has 1 aliphatic heterocycles. The van der Waals surface area contributed by atoms with Gasteiger partial charge in [-0.2, -0.15) is 0 Å². The van der Waals surface area contributed by atoms with Crippen molar-refractivity contribution in [3.8, 4) is 0 Å². The van der Waals surface area contributed by atoms with Gasteiger partial charge in [-0.3, -0.25) is 4.57 Å². The van der Waals surface area contributed by atoms with Crippen LogP contribution in [0.3, 0.4) is 0 Å². The van der Waals surface area contributed by atoms with Gasteiger partial charge in [-0.1, -0.05) is 0 Å². The van der Waals surface area contributed by atoms with Crippen LogP contribution < -0.4 is 16.0 Å². The van der Waals surface area contributed by atoms with E-state index in [2.05, 4.69) is 22.1 Å². The van der Waals surface area contributed by atoms with E-state index in [0.29, 0.717) is 0 Å². The van der Waals surface area contributed by atoms with Crippen LogP contribution in [0.25, 0.3) is 0 Å². The summed E-state index contributed by atoms with van der Waals surface area (Å²) < 4.78 is 2.05. The number of nitrogens with two attached hydrogens (primary N) is 1. The number of imidazole rings is 1. The standard InChI is InChI=1S/C9H17N5/c1-2-14-8(10)7-12-9(14)13-5-3-11-4-6-13/h7,11H,2-6,10H2,1H3. The van der Waals surface area contributed by atoms with Gasteiger partial charge < -0.3 is 16.0 Å². The van der Waals surface area contributed by atoms with Gasteiger partial charge in [0, 0.05) is 32.7 Å². The Morgan fingerprint density at radius 2 is 2.21 bits per heavy atom. The molecule has 2 rings (SSSR count). The molecule has 1 fully saturated rings. The molecule has 1 saturated heterocycles. The number of piperazine rings is 1. The van der Waals surface area contributed by atoms with Crippen molar-refractivity contribution >= 4 is 11.8 Å². The molecule has 2 heterocycles. The Morgan fingerprint density at radius 3 is 2.86 bits per heavy atom. The predicted molar refractivity (Wildman–Crippen MR) is 57.4 cm³/mol. The second-order valence-electron chi connectivity index (χ2n) is 3.46. The highest BCUT2D eigenvalue weighted by Crippen LogP contribution is 2.17. The molecule has 0 amide bonds. The van der Waals surface area contributed by atoms with E-state index in [9.17, 15) is 0 Å². The van der Waals surface area contributed by atoms with Gasteiger partial charge in [-0.25, -0.2) is 4.98 Å². The summed E-state index contributed by atoms with van der Waals surface area (Å²) in [5.74, 6) is 1.76. The number of aromatic nitrogens is 2. The molecule has 0 atom stereocenters. The SMILES string of the molecule is CCn1c(N)cnc1N1CCNCC1. The predicted octanol–water partition coefficient (Wildman–Crippen LogP) is -0.105. The third-order valence-electron chi connectivity index (χ3n) is 2.58. The number of rotatable bonds is 2. The summed E-state index contributed by atoms with van der Waals surface area (Å²) in [4.78, 5) is 6.62. The fourth-order valence-corrected chi connectivity index (χ4v) is 1.82. The zero-order valence-electron chi connectivity index (χ0n) is 8.53. The van der Waals surface area contributed by atoms with Crippen LogP contribution in [-0.2, 0) is 6.54 Å². The summed E-state index contributed by atoms with van der Waals surface area (Å²) in [6, 6.07) is 0. The van der Waals surface area contributed by atoms with Crippen LogP contribution in [0.1, 0.15) is 6.92 Å². The fraction of sp³-hybridized carbons (Fsp3) is 0.667. The first-order valence-electron chi connectivity index (χ1n) is 5.09. The van der Waals surface area contributed by atoms with Crippen LogP contribution in [0.15, 0.2) is 6.20 Å². The van der Waals surface area contributed by atoms with Gasteiger partial charge >= 0.3 is 0 Å². The molecular formula is C9H17N5. The molecule has 0 aromatic carbocycles.